The smallest absolute Gasteiger partial charge is 0.229 e. The van der Waals surface area contributed by atoms with E-state index in [1.807, 2.05) is 18.7 Å². The largest absolute Gasteiger partial charge is 0.342 e. The van der Waals surface area contributed by atoms with E-state index in [4.69, 9.17) is 5.73 Å². The van der Waals surface area contributed by atoms with Gasteiger partial charge in [-0.1, -0.05) is 20.3 Å². The Labute approximate surface area is 118 Å². The van der Waals surface area contributed by atoms with Crippen LogP contribution in [0.1, 0.15) is 53.4 Å². The number of likely N-dealkylation sites (tertiary alicyclic amines) is 1. The maximum absolute atomic E-state index is 12.3. The molecule has 1 heterocycles. The third-order valence-electron chi connectivity index (χ3n) is 4.42. The zero-order chi connectivity index (χ0) is 13.1. The number of carbonyl (C=O) groups excluding carboxylic acids is 1. The van der Waals surface area contributed by atoms with Gasteiger partial charge in [-0.3, -0.25) is 4.79 Å². The summed E-state index contributed by atoms with van der Waals surface area (Å²) in [5.74, 6) is 0.223. The highest BCUT2D eigenvalue weighted by molar-refractivity contribution is 5.85. The predicted molar refractivity (Wildman–Crippen MR) is 78.9 cm³/mol. The molecule has 0 bridgehead atoms. The van der Waals surface area contributed by atoms with Crippen molar-refractivity contribution in [2.45, 2.75) is 53.4 Å². The van der Waals surface area contributed by atoms with Crippen LogP contribution in [-0.4, -0.2) is 30.4 Å². The van der Waals surface area contributed by atoms with E-state index in [1.165, 1.54) is 12.8 Å². The molecule has 0 aliphatic carbocycles. The molecular weight excluding hydrogens is 248 g/mol. The fourth-order valence-electron chi connectivity index (χ4n) is 2.41. The van der Waals surface area contributed by atoms with Crippen molar-refractivity contribution in [3.8, 4) is 0 Å². The van der Waals surface area contributed by atoms with Gasteiger partial charge in [0, 0.05) is 19.6 Å². The molecule has 0 aromatic rings. The zero-order valence-electron chi connectivity index (χ0n) is 12.3. The van der Waals surface area contributed by atoms with Gasteiger partial charge in [-0.25, -0.2) is 0 Å². The standard InChI is InChI=1S/C14H28N2O.ClH/c1-5-14(4)7-6-9-16(10-8-14)12(17)13(2,3)11-15;/h5-11,15H2,1-4H3;1H. The van der Waals surface area contributed by atoms with Crippen molar-refractivity contribution in [2.24, 2.45) is 16.6 Å². The van der Waals surface area contributed by atoms with E-state index in [9.17, 15) is 4.79 Å². The minimum Gasteiger partial charge on any atom is -0.342 e. The van der Waals surface area contributed by atoms with Crippen molar-refractivity contribution in [3.05, 3.63) is 0 Å². The summed E-state index contributed by atoms with van der Waals surface area (Å²) >= 11 is 0. The average Bonchev–Trinajstić information content (AvgIpc) is 2.51. The van der Waals surface area contributed by atoms with Crippen molar-refractivity contribution in [1.82, 2.24) is 4.90 Å². The molecule has 108 valence electrons. The van der Waals surface area contributed by atoms with E-state index in [0.29, 0.717) is 12.0 Å². The Bertz CT molecular complexity index is 281. The number of rotatable bonds is 3. The van der Waals surface area contributed by atoms with Gasteiger partial charge in [0.2, 0.25) is 5.91 Å². The van der Waals surface area contributed by atoms with Crippen molar-refractivity contribution in [1.29, 1.82) is 0 Å². The van der Waals surface area contributed by atoms with Crippen LogP contribution < -0.4 is 5.73 Å². The van der Waals surface area contributed by atoms with Crippen LogP contribution in [0.4, 0.5) is 0 Å². The summed E-state index contributed by atoms with van der Waals surface area (Å²) in [5, 5.41) is 0. The van der Waals surface area contributed by atoms with E-state index in [1.54, 1.807) is 0 Å². The van der Waals surface area contributed by atoms with Gasteiger partial charge in [0.05, 0.1) is 5.41 Å². The van der Waals surface area contributed by atoms with E-state index in [2.05, 4.69) is 13.8 Å². The van der Waals surface area contributed by atoms with Crippen molar-refractivity contribution >= 4 is 18.3 Å². The second-order valence-corrected chi connectivity index (χ2v) is 6.40. The van der Waals surface area contributed by atoms with E-state index >= 15 is 0 Å². The molecule has 1 aliphatic rings. The Balaban J connectivity index is 0.00000289. The lowest BCUT2D eigenvalue weighted by molar-refractivity contribution is -0.139. The predicted octanol–water partition coefficient (Wildman–Crippen LogP) is 2.82. The van der Waals surface area contributed by atoms with Crippen molar-refractivity contribution < 1.29 is 4.79 Å². The molecule has 0 saturated carbocycles. The first-order valence-electron chi connectivity index (χ1n) is 6.84. The monoisotopic (exact) mass is 276 g/mol. The van der Waals surface area contributed by atoms with Crippen LogP contribution in [0.3, 0.4) is 0 Å². The lowest BCUT2D eigenvalue weighted by Crippen LogP contribution is -2.45. The molecule has 1 rings (SSSR count). The molecular formula is C14H29ClN2O. The number of hydrogen-bond donors (Lipinski definition) is 1. The van der Waals surface area contributed by atoms with E-state index in [0.717, 1.165) is 25.9 Å². The van der Waals surface area contributed by atoms with Gasteiger partial charge in [-0.05, 0) is 38.5 Å². The Morgan fingerprint density at radius 3 is 2.44 bits per heavy atom. The Hall–Kier alpha value is -0.280. The van der Waals surface area contributed by atoms with Gasteiger partial charge in [0.15, 0.2) is 0 Å². The molecule has 0 aromatic carbocycles. The molecule has 2 N–H and O–H groups in total. The Morgan fingerprint density at radius 2 is 1.94 bits per heavy atom. The van der Waals surface area contributed by atoms with Crippen molar-refractivity contribution in [2.75, 3.05) is 19.6 Å². The summed E-state index contributed by atoms with van der Waals surface area (Å²) in [6.45, 7) is 10.7. The van der Waals surface area contributed by atoms with Crippen LogP contribution >= 0.6 is 12.4 Å². The van der Waals surface area contributed by atoms with E-state index < -0.39 is 5.41 Å². The number of carbonyl (C=O) groups is 1. The summed E-state index contributed by atoms with van der Waals surface area (Å²) < 4.78 is 0. The van der Waals surface area contributed by atoms with Gasteiger partial charge in [0.25, 0.3) is 0 Å². The summed E-state index contributed by atoms with van der Waals surface area (Å²) in [4.78, 5) is 14.4. The highest BCUT2D eigenvalue weighted by atomic mass is 35.5. The molecule has 18 heavy (non-hydrogen) atoms. The fourth-order valence-corrected chi connectivity index (χ4v) is 2.41. The van der Waals surface area contributed by atoms with Crippen LogP contribution in [-0.2, 0) is 4.79 Å². The number of halogens is 1. The minimum atomic E-state index is -0.410. The molecule has 0 spiro atoms. The first kappa shape index (κ1) is 17.7. The summed E-state index contributed by atoms with van der Waals surface area (Å²) in [5.41, 5.74) is 5.69. The van der Waals surface area contributed by atoms with Gasteiger partial charge in [0.1, 0.15) is 0 Å². The third kappa shape index (κ3) is 4.13. The quantitative estimate of drug-likeness (QED) is 0.862. The maximum atomic E-state index is 12.3. The second-order valence-electron chi connectivity index (χ2n) is 6.40. The molecule has 1 aliphatic heterocycles. The molecule has 0 aromatic heterocycles. The first-order chi connectivity index (χ1) is 7.84. The lowest BCUT2D eigenvalue weighted by atomic mass is 9.80. The van der Waals surface area contributed by atoms with Crippen LogP contribution in [0.25, 0.3) is 0 Å². The molecule has 0 radical (unpaired) electrons. The second kappa shape index (κ2) is 6.76. The van der Waals surface area contributed by atoms with Gasteiger partial charge >= 0.3 is 0 Å². The van der Waals surface area contributed by atoms with Crippen LogP contribution in [0.2, 0.25) is 0 Å². The zero-order valence-corrected chi connectivity index (χ0v) is 13.1. The Morgan fingerprint density at radius 1 is 1.33 bits per heavy atom. The van der Waals surface area contributed by atoms with E-state index in [-0.39, 0.29) is 18.3 Å². The molecule has 3 nitrogen and oxygen atoms in total. The van der Waals surface area contributed by atoms with Crippen molar-refractivity contribution in [3.63, 3.8) is 0 Å². The maximum Gasteiger partial charge on any atom is 0.229 e. The number of amides is 1. The molecule has 1 fully saturated rings. The van der Waals surface area contributed by atoms with Crippen LogP contribution in [0.5, 0.6) is 0 Å². The highest BCUT2D eigenvalue weighted by Crippen LogP contribution is 2.34. The topological polar surface area (TPSA) is 46.3 Å². The van der Waals surface area contributed by atoms with Crippen LogP contribution in [0.15, 0.2) is 0 Å². The summed E-state index contributed by atoms with van der Waals surface area (Å²) in [7, 11) is 0. The summed E-state index contributed by atoms with van der Waals surface area (Å²) in [6.07, 6.45) is 4.68. The average molecular weight is 277 g/mol. The molecule has 1 atom stereocenters. The highest BCUT2D eigenvalue weighted by Gasteiger charge is 2.34. The normalized spacial score (nSPS) is 25.3. The molecule has 1 saturated heterocycles. The third-order valence-corrected chi connectivity index (χ3v) is 4.42. The van der Waals surface area contributed by atoms with Crippen LogP contribution in [0, 0.1) is 10.8 Å². The SMILES string of the molecule is CCC1(C)CCCN(C(=O)C(C)(C)CN)CC1.Cl. The fraction of sp³-hybridized carbons (Fsp3) is 0.929. The number of nitrogens with two attached hydrogens (primary N) is 1. The van der Waals surface area contributed by atoms with Gasteiger partial charge in [-0.2, -0.15) is 0 Å². The summed E-state index contributed by atoms with van der Waals surface area (Å²) in [6, 6.07) is 0. The van der Waals surface area contributed by atoms with Gasteiger partial charge in [-0.15, -0.1) is 12.4 Å². The number of nitrogens with zero attached hydrogens (tertiary/aromatic N) is 1. The molecule has 1 amide bonds. The first-order valence-corrected chi connectivity index (χ1v) is 6.84. The Kier molecular flexibility index (Phi) is 6.66. The molecule has 1 unspecified atom stereocenters. The van der Waals surface area contributed by atoms with Gasteiger partial charge < -0.3 is 10.6 Å². The number of hydrogen-bond acceptors (Lipinski definition) is 2. The lowest BCUT2D eigenvalue weighted by Gasteiger charge is -2.31. The minimum absolute atomic E-state index is 0. The molecule has 4 heteroatoms.